The maximum Gasteiger partial charge on any atom is 0.389 e. The standard InChI is InChI=1S/C12H13F3N2O2/c13-12(14,15)4-1-5-17-9-6-8(16)2-3-10(9)19-7-11(17)18/h2-3,6H,1,4-5,7,16H2. The zero-order valence-electron chi connectivity index (χ0n) is 10.0. The first-order chi connectivity index (χ1) is 8.87. The van der Waals surface area contributed by atoms with Gasteiger partial charge in [0.2, 0.25) is 0 Å². The lowest BCUT2D eigenvalue weighted by Crippen LogP contribution is -2.39. The van der Waals surface area contributed by atoms with Crippen LogP contribution in [0.15, 0.2) is 18.2 Å². The Morgan fingerprint density at radius 1 is 1.37 bits per heavy atom. The number of hydrogen-bond donors (Lipinski definition) is 1. The highest BCUT2D eigenvalue weighted by molar-refractivity contribution is 5.98. The summed E-state index contributed by atoms with van der Waals surface area (Å²) in [5, 5.41) is 0. The first kappa shape index (κ1) is 13.5. The Labute approximate surface area is 107 Å². The molecule has 0 atom stereocenters. The quantitative estimate of drug-likeness (QED) is 0.861. The molecule has 0 aliphatic carbocycles. The molecule has 1 amide bonds. The van der Waals surface area contributed by atoms with Gasteiger partial charge >= 0.3 is 6.18 Å². The second-order valence-electron chi connectivity index (χ2n) is 4.28. The summed E-state index contributed by atoms with van der Waals surface area (Å²) in [6.45, 7) is -0.166. The lowest BCUT2D eigenvalue weighted by molar-refractivity contribution is -0.135. The van der Waals surface area contributed by atoms with Crippen molar-refractivity contribution in [1.29, 1.82) is 0 Å². The van der Waals surface area contributed by atoms with Gasteiger partial charge in [0.05, 0.1) is 5.69 Å². The molecule has 1 heterocycles. The zero-order valence-corrected chi connectivity index (χ0v) is 10.0. The van der Waals surface area contributed by atoms with E-state index >= 15 is 0 Å². The molecule has 0 aromatic heterocycles. The van der Waals surface area contributed by atoms with E-state index in [4.69, 9.17) is 10.5 Å². The number of alkyl halides is 3. The Hall–Kier alpha value is -1.92. The average molecular weight is 274 g/mol. The molecule has 2 N–H and O–H groups in total. The Bertz CT molecular complexity index is 488. The Morgan fingerprint density at radius 2 is 2.11 bits per heavy atom. The number of nitrogen functional groups attached to an aromatic ring is 1. The molecule has 0 saturated carbocycles. The molecule has 2 rings (SSSR count). The molecule has 0 saturated heterocycles. The van der Waals surface area contributed by atoms with Crippen molar-refractivity contribution in [1.82, 2.24) is 0 Å². The second-order valence-corrected chi connectivity index (χ2v) is 4.28. The van der Waals surface area contributed by atoms with Crippen molar-refractivity contribution in [3.8, 4) is 5.75 Å². The molecule has 0 bridgehead atoms. The fraction of sp³-hybridized carbons (Fsp3) is 0.417. The van der Waals surface area contributed by atoms with E-state index in [0.29, 0.717) is 17.1 Å². The van der Waals surface area contributed by atoms with E-state index in [-0.39, 0.29) is 25.5 Å². The topological polar surface area (TPSA) is 55.6 Å². The summed E-state index contributed by atoms with van der Waals surface area (Å²) < 4.78 is 41.6. The molecule has 1 aliphatic heterocycles. The molecule has 1 aliphatic rings. The van der Waals surface area contributed by atoms with Crippen LogP contribution in [0.3, 0.4) is 0 Å². The van der Waals surface area contributed by atoms with Crippen molar-refractivity contribution < 1.29 is 22.7 Å². The van der Waals surface area contributed by atoms with Crippen LogP contribution in [0, 0.1) is 0 Å². The highest BCUT2D eigenvalue weighted by Crippen LogP contribution is 2.34. The number of benzene rings is 1. The molecule has 1 aromatic carbocycles. The normalized spacial score (nSPS) is 15.1. The van der Waals surface area contributed by atoms with Gasteiger partial charge in [-0.15, -0.1) is 0 Å². The van der Waals surface area contributed by atoms with Crippen LogP contribution in [-0.4, -0.2) is 25.2 Å². The summed E-state index contributed by atoms with van der Waals surface area (Å²) in [5.74, 6) is 0.0982. The third-order valence-corrected chi connectivity index (χ3v) is 2.77. The van der Waals surface area contributed by atoms with Gasteiger partial charge in [-0.05, 0) is 24.6 Å². The van der Waals surface area contributed by atoms with Gasteiger partial charge in [-0.25, -0.2) is 0 Å². The van der Waals surface area contributed by atoms with Gasteiger partial charge < -0.3 is 15.4 Å². The minimum Gasteiger partial charge on any atom is -0.482 e. The first-order valence-electron chi connectivity index (χ1n) is 5.76. The molecular weight excluding hydrogens is 261 g/mol. The van der Waals surface area contributed by atoms with Crippen LogP contribution in [0.1, 0.15) is 12.8 Å². The van der Waals surface area contributed by atoms with Gasteiger partial charge in [-0.1, -0.05) is 0 Å². The molecule has 104 valence electrons. The fourth-order valence-electron chi connectivity index (χ4n) is 1.90. The predicted molar refractivity (Wildman–Crippen MR) is 64.0 cm³/mol. The lowest BCUT2D eigenvalue weighted by Gasteiger charge is -2.29. The van der Waals surface area contributed by atoms with E-state index in [2.05, 4.69) is 0 Å². The molecular formula is C12H13F3N2O2. The van der Waals surface area contributed by atoms with Gasteiger partial charge in [0.25, 0.3) is 5.91 Å². The van der Waals surface area contributed by atoms with E-state index in [1.54, 1.807) is 12.1 Å². The average Bonchev–Trinajstić information content (AvgIpc) is 2.30. The largest absolute Gasteiger partial charge is 0.482 e. The van der Waals surface area contributed by atoms with Crippen molar-refractivity contribution in [2.45, 2.75) is 19.0 Å². The summed E-state index contributed by atoms with van der Waals surface area (Å²) in [5.41, 5.74) is 6.47. The molecule has 0 unspecified atom stereocenters. The van der Waals surface area contributed by atoms with Crippen molar-refractivity contribution in [3.05, 3.63) is 18.2 Å². The number of nitrogens with two attached hydrogens (primary N) is 1. The van der Waals surface area contributed by atoms with Crippen molar-refractivity contribution in [2.24, 2.45) is 0 Å². The molecule has 7 heteroatoms. The van der Waals surface area contributed by atoms with Crippen LogP contribution in [0.25, 0.3) is 0 Å². The number of halogens is 3. The van der Waals surface area contributed by atoms with E-state index in [1.165, 1.54) is 11.0 Å². The van der Waals surface area contributed by atoms with Crippen LogP contribution in [0.4, 0.5) is 24.5 Å². The summed E-state index contributed by atoms with van der Waals surface area (Å²) in [4.78, 5) is 13.0. The Balaban J connectivity index is 2.12. The van der Waals surface area contributed by atoms with Gasteiger partial charge in [0, 0.05) is 18.7 Å². The number of nitrogens with zero attached hydrogens (tertiary/aromatic N) is 1. The predicted octanol–water partition coefficient (Wildman–Crippen LogP) is 2.34. The van der Waals surface area contributed by atoms with E-state index in [1.807, 2.05) is 0 Å². The van der Waals surface area contributed by atoms with Crippen LogP contribution in [0.2, 0.25) is 0 Å². The minimum atomic E-state index is -4.21. The zero-order chi connectivity index (χ0) is 14.0. The van der Waals surface area contributed by atoms with Crippen LogP contribution in [-0.2, 0) is 4.79 Å². The second kappa shape index (κ2) is 4.99. The number of carbonyl (C=O) groups excluding carboxylic acids is 1. The van der Waals surface area contributed by atoms with E-state index < -0.39 is 12.6 Å². The Morgan fingerprint density at radius 3 is 2.79 bits per heavy atom. The number of amides is 1. The number of ether oxygens (including phenoxy) is 1. The van der Waals surface area contributed by atoms with Crippen LogP contribution >= 0.6 is 0 Å². The van der Waals surface area contributed by atoms with Gasteiger partial charge in [-0.3, -0.25) is 4.79 Å². The van der Waals surface area contributed by atoms with E-state index in [9.17, 15) is 18.0 Å². The van der Waals surface area contributed by atoms with Crippen LogP contribution < -0.4 is 15.4 Å². The first-order valence-corrected chi connectivity index (χ1v) is 5.76. The summed E-state index contributed by atoms with van der Waals surface area (Å²) in [6, 6.07) is 4.75. The highest BCUT2D eigenvalue weighted by Gasteiger charge is 2.29. The summed E-state index contributed by atoms with van der Waals surface area (Å²) >= 11 is 0. The third-order valence-electron chi connectivity index (χ3n) is 2.77. The number of hydrogen-bond acceptors (Lipinski definition) is 3. The summed E-state index contributed by atoms with van der Waals surface area (Å²) in [7, 11) is 0. The van der Waals surface area contributed by atoms with Gasteiger partial charge in [0.15, 0.2) is 6.61 Å². The van der Waals surface area contributed by atoms with Crippen molar-refractivity contribution >= 4 is 17.3 Å². The van der Waals surface area contributed by atoms with Crippen LogP contribution in [0.5, 0.6) is 5.75 Å². The number of rotatable bonds is 3. The van der Waals surface area contributed by atoms with E-state index in [0.717, 1.165) is 0 Å². The minimum absolute atomic E-state index is 0.00183. The molecule has 19 heavy (non-hydrogen) atoms. The molecule has 1 aromatic rings. The number of fused-ring (bicyclic) bond motifs is 1. The molecule has 4 nitrogen and oxygen atoms in total. The highest BCUT2D eigenvalue weighted by atomic mass is 19.4. The maximum absolute atomic E-state index is 12.1. The van der Waals surface area contributed by atoms with Crippen molar-refractivity contribution in [2.75, 3.05) is 23.8 Å². The van der Waals surface area contributed by atoms with Gasteiger partial charge in [0.1, 0.15) is 5.75 Å². The molecule has 0 fully saturated rings. The SMILES string of the molecule is Nc1ccc2c(c1)N(CCCC(F)(F)F)C(=O)CO2. The maximum atomic E-state index is 12.1. The Kier molecular flexibility index (Phi) is 3.55. The molecule has 0 spiro atoms. The summed E-state index contributed by atoms with van der Waals surface area (Å²) in [6.07, 6.45) is -5.29. The van der Waals surface area contributed by atoms with Crippen molar-refractivity contribution in [3.63, 3.8) is 0 Å². The fourth-order valence-corrected chi connectivity index (χ4v) is 1.90. The monoisotopic (exact) mass is 274 g/mol. The third kappa shape index (κ3) is 3.30. The van der Waals surface area contributed by atoms with Gasteiger partial charge in [-0.2, -0.15) is 13.2 Å². The lowest BCUT2D eigenvalue weighted by atomic mass is 10.2. The number of anilines is 2. The number of carbonyl (C=O) groups is 1. The molecule has 0 radical (unpaired) electrons. The smallest absolute Gasteiger partial charge is 0.389 e.